The molecule has 1 aromatic rings. The van der Waals surface area contributed by atoms with Gasteiger partial charge in [0.25, 0.3) is 0 Å². The molecular formula is C19H28ClN5O3. The van der Waals surface area contributed by atoms with Crippen LogP contribution in [0.15, 0.2) is 34.3 Å². The fourth-order valence-corrected chi connectivity index (χ4v) is 3.47. The first-order valence-corrected chi connectivity index (χ1v) is 9.37. The molecule has 1 aliphatic heterocycles. The summed E-state index contributed by atoms with van der Waals surface area (Å²) in [6, 6.07) is 7.10. The summed E-state index contributed by atoms with van der Waals surface area (Å²) >= 11 is 0. The third-order valence-electron chi connectivity index (χ3n) is 4.83. The van der Waals surface area contributed by atoms with E-state index >= 15 is 0 Å². The Hall–Kier alpha value is -2.32. The molecule has 1 fully saturated rings. The largest absolute Gasteiger partial charge is 0.494 e. The molecule has 1 spiro atoms. The Morgan fingerprint density at radius 1 is 1.14 bits per heavy atom. The van der Waals surface area contributed by atoms with Gasteiger partial charge in [-0.2, -0.15) is 10.1 Å². The van der Waals surface area contributed by atoms with Gasteiger partial charge in [-0.3, -0.25) is 9.63 Å². The molecule has 0 bridgehead atoms. The topological polar surface area (TPSA) is 116 Å². The van der Waals surface area contributed by atoms with Crippen LogP contribution in [0.1, 0.15) is 55.8 Å². The highest BCUT2D eigenvalue weighted by Gasteiger charge is 2.42. The van der Waals surface area contributed by atoms with Crippen molar-refractivity contribution in [1.29, 1.82) is 0 Å². The van der Waals surface area contributed by atoms with E-state index in [1.54, 1.807) is 36.3 Å². The molecule has 3 rings (SSSR count). The number of aliphatic imine (C=N–C) groups is 2. The molecule has 0 radical (unpaired) electrons. The van der Waals surface area contributed by atoms with Crippen molar-refractivity contribution < 1.29 is 14.4 Å². The van der Waals surface area contributed by atoms with E-state index in [4.69, 9.17) is 21.0 Å². The van der Waals surface area contributed by atoms with E-state index in [9.17, 15) is 4.79 Å². The van der Waals surface area contributed by atoms with E-state index in [1.165, 1.54) is 6.42 Å². The van der Waals surface area contributed by atoms with Gasteiger partial charge < -0.3 is 16.2 Å². The van der Waals surface area contributed by atoms with Crippen molar-refractivity contribution in [3.8, 4) is 5.75 Å². The van der Waals surface area contributed by atoms with Crippen LogP contribution in [0.4, 0.5) is 0 Å². The first kappa shape index (κ1) is 22.0. The van der Waals surface area contributed by atoms with Crippen molar-refractivity contribution in [2.24, 2.45) is 21.5 Å². The van der Waals surface area contributed by atoms with Crippen LogP contribution in [-0.2, 0) is 4.84 Å². The predicted octanol–water partition coefficient (Wildman–Crippen LogP) is 2.62. The highest BCUT2D eigenvalue weighted by molar-refractivity contribution is 5.95. The van der Waals surface area contributed by atoms with Crippen LogP contribution in [0.5, 0.6) is 5.75 Å². The average molecular weight is 410 g/mol. The summed E-state index contributed by atoms with van der Waals surface area (Å²) in [7, 11) is 0. The molecule has 0 atom stereocenters. The van der Waals surface area contributed by atoms with Crippen molar-refractivity contribution in [3.63, 3.8) is 0 Å². The maximum atomic E-state index is 11.3. The Labute approximate surface area is 171 Å². The highest BCUT2D eigenvalue weighted by atomic mass is 35.5. The van der Waals surface area contributed by atoms with E-state index in [0.29, 0.717) is 25.2 Å². The minimum Gasteiger partial charge on any atom is -0.494 e. The van der Waals surface area contributed by atoms with Gasteiger partial charge in [-0.25, -0.2) is 4.99 Å². The molecule has 9 heteroatoms. The second-order valence-corrected chi connectivity index (χ2v) is 6.89. The van der Waals surface area contributed by atoms with Crippen molar-refractivity contribution in [1.82, 2.24) is 5.06 Å². The number of Topliss-reactive ketones (excluding diaryl/α,β-unsaturated/α-hetero) is 1. The maximum Gasteiger partial charge on any atom is 0.226 e. The molecule has 1 heterocycles. The fourth-order valence-electron chi connectivity index (χ4n) is 3.47. The lowest BCUT2D eigenvalue weighted by atomic mass is 9.89. The zero-order chi connectivity index (χ0) is 19.3. The van der Waals surface area contributed by atoms with Crippen LogP contribution in [0.25, 0.3) is 0 Å². The van der Waals surface area contributed by atoms with Crippen molar-refractivity contribution in [3.05, 3.63) is 29.8 Å². The summed E-state index contributed by atoms with van der Waals surface area (Å²) in [5.74, 6) is 1.23. The van der Waals surface area contributed by atoms with E-state index in [0.717, 1.165) is 31.4 Å². The molecule has 154 valence electrons. The summed E-state index contributed by atoms with van der Waals surface area (Å²) in [6.45, 7) is 2.46. The molecule has 1 aliphatic carbocycles. The molecule has 4 N–H and O–H groups in total. The minimum atomic E-state index is -0.530. The number of hydrogen-bond acceptors (Lipinski definition) is 8. The third kappa shape index (κ3) is 5.14. The minimum absolute atomic E-state index is 0. The number of hydrogen-bond donors (Lipinski definition) is 2. The number of benzene rings is 1. The average Bonchev–Trinajstić information content (AvgIpc) is 2.64. The summed E-state index contributed by atoms with van der Waals surface area (Å²) < 4.78 is 5.69. The monoisotopic (exact) mass is 409 g/mol. The number of hydroxylamine groups is 2. The molecule has 28 heavy (non-hydrogen) atoms. The molecule has 2 aliphatic rings. The van der Waals surface area contributed by atoms with Crippen molar-refractivity contribution in [2.75, 3.05) is 13.2 Å². The number of carbonyl (C=O) groups is 1. The number of halogens is 1. The molecular weight excluding hydrogens is 382 g/mol. The zero-order valence-electron chi connectivity index (χ0n) is 16.1. The SMILES string of the molecule is CC(=O)c1ccc(OCCCON2C(N)=NC(N)=NC23CCCCC3)cc1.Cl. The fraction of sp³-hybridized carbons (Fsp3) is 0.526. The summed E-state index contributed by atoms with van der Waals surface area (Å²) in [5, 5.41) is 1.63. The van der Waals surface area contributed by atoms with Gasteiger partial charge in [0.05, 0.1) is 13.2 Å². The third-order valence-corrected chi connectivity index (χ3v) is 4.83. The number of ether oxygens (including phenoxy) is 1. The first-order valence-electron chi connectivity index (χ1n) is 9.37. The van der Waals surface area contributed by atoms with Crippen molar-refractivity contribution in [2.45, 2.75) is 51.1 Å². The zero-order valence-corrected chi connectivity index (χ0v) is 16.9. The number of nitrogens with zero attached hydrogens (tertiary/aromatic N) is 3. The molecule has 1 aromatic carbocycles. The summed E-state index contributed by atoms with van der Waals surface area (Å²) in [5.41, 5.74) is 12.0. The molecule has 1 saturated carbocycles. The standard InChI is InChI=1S/C19H27N5O3.ClH/c1-14(25)15-6-8-16(9-7-15)26-12-5-13-27-24-18(21)22-17(20)23-19(24)10-3-2-4-11-19;/h6-9H,2-5,10-13H2,1H3,(H4,20,21,22,23);1H. The van der Waals surface area contributed by atoms with Crippen LogP contribution in [-0.4, -0.2) is 41.6 Å². The molecule has 0 aromatic heterocycles. The maximum absolute atomic E-state index is 11.3. The van der Waals surface area contributed by atoms with Crippen LogP contribution >= 0.6 is 12.4 Å². The molecule has 0 amide bonds. The van der Waals surface area contributed by atoms with E-state index < -0.39 is 5.66 Å². The summed E-state index contributed by atoms with van der Waals surface area (Å²) in [4.78, 5) is 25.8. The van der Waals surface area contributed by atoms with E-state index in [2.05, 4.69) is 9.98 Å². The van der Waals surface area contributed by atoms with Gasteiger partial charge in [0.2, 0.25) is 11.9 Å². The highest BCUT2D eigenvalue weighted by Crippen LogP contribution is 2.36. The van der Waals surface area contributed by atoms with Crippen LogP contribution in [0, 0.1) is 0 Å². The van der Waals surface area contributed by atoms with Crippen LogP contribution in [0.3, 0.4) is 0 Å². The van der Waals surface area contributed by atoms with Gasteiger partial charge in [0.15, 0.2) is 11.4 Å². The van der Waals surface area contributed by atoms with Gasteiger partial charge in [-0.05, 0) is 56.9 Å². The lowest BCUT2D eigenvalue weighted by Gasteiger charge is -2.44. The number of guanidine groups is 2. The predicted molar refractivity (Wildman–Crippen MR) is 111 cm³/mol. The second-order valence-electron chi connectivity index (χ2n) is 6.89. The van der Waals surface area contributed by atoms with E-state index in [-0.39, 0.29) is 30.1 Å². The van der Waals surface area contributed by atoms with Gasteiger partial charge in [-0.15, -0.1) is 12.4 Å². The smallest absolute Gasteiger partial charge is 0.226 e. The lowest BCUT2D eigenvalue weighted by Crippen LogP contribution is -2.57. The van der Waals surface area contributed by atoms with Gasteiger partial charge in [0, 0.05) is 12.0 Å². The second kappa shape index (κ2) is 9.75. The number of carbonyl (C=O) groups excluding carboxylic acids is 1. The van der Waals surface area contributed by atoms with Gasteiger partial charge in [0.1, 0.15) is 5.75 Å². The Bertz CT molecular complexity index is 730. The van der Waals surface area contributed by atoms with Gasteiger partial charge >= 0.3 is 0 Å². The Morgan fingerprint density at radius 2 is 1.82 bits per heavy atom. The van der Waals surface area contributed by atoms with E-state index in [1.807, 2.05) is 0 Å². The number of rotatable bonds is 7. The quantitative estimate of drug-likeness (QED) is 0.528. The number of nitrogens with two attached hydrogens (primary N) is 2. The van der Waals surface area contributed by atoms with Crippen LogP contribution < -0.4 is 16.2 Å². The first-order chi connectivity index (χ1) is 13.0. The Morgan fingerprint density at radius 3 is 2.46 bits per heavy atom. The Balaban J connectivity index is 0.00000280. The van der Waals surface area contributed by atoms with Crippen LogP contribution in [0.2, 0.25) is 0 Å². The number of ketones is 1. The molecule has 8 nitrogen and oxygen atoms in total. The molecule has 0 saturated heterocycles. The van der Waals surface area contributed by atoms with Gasteiger partial charge in [-0.1, -0.05) is 6.42 Å². The summed E-state index contributed by atoms with van der Waals surface area (Å²) in [6.07, 6.45) is 5.67. The lowest BCUT2D eigenvalue weighted by molar-refractivity contribution is -0.178. The molecule has 0 unspecified atom stereocenters. The normalized spacial score (nSPS) is 18.1. The van der Waals surface area contributed by atoms with Crippen molar-refractivity contribution >= 4 is 30.1 Å². The Kier molecular flexibility index (Phi) is 7.65.